The molecule has 0 aliphatic carbocycles. The second kappa shape index (κ2) is 6.69. The van der Waals surface area contributed by atoms with Crippen molar-refractivity contribution >= 4 is 34.6 Å². The Morgan fingerprint density at radius 3 is 2.81 bits per heavy atom. The molecule has 0 fully saturated rings. The van der Waals surface area contributed by atoms with Crippen LogP contribution in [0, 0.1) is 6.92 Å². The van der Waals surface area contributed by atoms with Crippen LogP contribution in [-0.2, 0) is 9.53 Å². The first-order chi connectivity index (χ1) is 12.6. The summed E-state index contributed by atoms with van der Waals surface area (Å²) in [5, 5.41) is 12.0. The number of aryl methyl sites for hydroxylation is 1. The van der Waals surface area contributed by atoms with Crippen molar-refractivity contribution in [3.63, 3.8) is 0 Å². The smallest absolute Gasteiger partial charge is 0.338 e. The third-order valence-corrected chi connectivity index (χ3v) is 6.18. The predicted molar refractivity (Wildman–Crippen MR) is 103 cm³/mol. The van der Waals surface area contributed by atoms with Crippen molar-refractivity contribution in [1.29, 1.82) is 0 Å². The van der Waals surface area contributed by atoms with Crippen molar-refractivity contribution in [3.8, 4) is 10.7 Å². The number of thiophene rings is 2. The van der Waals surface area contributed by atoms with Gasteiger partial charge in [0.25, 0.3) is 0 Å². The summed E-state index contributed by atoms with van der Waals surface area (Å²) in [6.45, 7) is 6.07. The van der Waals surface area contributed by atoms with E-state index in [1.165, 1.54) is 0 Å². The van der Waals surface area contributed by atoms with Crippen LogP contribution >= 0.6 is 22.7 Å². The van der Waals surface area contributed by atoms with Crippen molar-refractivity contribution in [2.75, 3.05) is 11.9 Å². The Kier molecular flexibility index (Phi) is 4.37. The van der Waals surface area contributed by atoms with Crippen LogP contribution in [0.3, 0.4) is 0 Å². The van der Waals surface area contributed by atoms with Crippen LogP contribution in [0.25, 0.3) is 10.7 Å². The molecule has 1 aliphatic rings. The Labute approximate surface area is 159 Å². The minimum Gasteiger partial charge on any atom is -0.463 e. The maximum absolute atomic E-state index is 12.7. The van der Waals surface area contributed by atoms with Crippen molar-refractivity contribution in [2.24, 2.45) is 0 Å². The first kappa shape index (κ1) is 17.0. The lowest BCUT2D eigenvalue weighted by molar-refractivity contribution is -0.139. The molecule has 1 atom stereocenters. The third-order valence-electron chi connectivity index (χ3n) is 4.24. The Hall–Kier alpha value is -2.45. The number of ether oxygens (including phenoxy) is 1. The summed E-state index contributed by atoms with van der Waals surface area (Å²) in [7, 11) is 0. The van der Waals surface area contributed by atoms with Crippen LogP contribution < -0.4 is 5.32 Å². The minimum atomic E-state index is -0.341. The van der Waals surface area contributed by atoms with Crippen LogP contribution in [0.4, 0.5) is 5.95 Å². The van der Waals surface area contributed by atoms with Gasteiger partial charge < -0.3 is 10.1 Å². The van der Waals surface area contributed by atoms with Crippen molar-refractivity contribution in [3.05, 3.63) is 50.7 Å². The fourth-order valence-corrected chi connectivity index (χ4v) is 4.71. The molecule has 8 heteroatoms. The van der Waals surface area contributed by atoms with Gasteiger partial charge in [-0.05, 0) is 49.2 Å². The van der Waals surface area contributed by atoms with E-state index in [9.17, 15) is 4.79 Å². The highest BCUT2D eigenvalue weighted by Crippen LogP contribution is 2.40. The summed E-state index contributed by atoms with van der Waals surface area (Å²) in [6, 6.07) is 5.68. The van der Waals surface area contributed by atoms with Crippen molar-refractivity contribution in [1.82, 2.24) is 14.8 Å². The zero-order valence-electron chi connectivity index (χ0n) is 14.6. The lowest BCUT2D eigenvalue weighted by Crippen LogP contribution is -2.29. The van der Waals surface area contributed by atoms with Gasteiger partial charge in [-0.1, -0.05) is 6.07 Å². The topological polar surface area (TPSA) is 69.0 Å². The fourth-order valence-electron chi connectivity index (χ4n) is 3.04. The van der Waals surface area contributed by atoms with E-state index in [-0.39, 0.29) is 12.0 Å². The van der Waals surface area contributed by atoms with Gasteiger partial charge in [0, 0.05) is 10.6 Å². The number of carbonyl (C=O) groups is 1. The van der Waals surface area contributed by atoms with Gasteiger partial charge in [0.2, 0.25) is 5.95 Å². The van der Waals surface area contributed by atoms with Gasteiger partial charge in [0.05, 0.1) is 17.1 Å². The van der Waals surface area contributed by atoms with Gasteiger partial charge in [-0.25, -0.2) is 9.48 Å². The van der Waals surface area contributed by atoms with Crippen molar-refractivity contribution < 1.29 is 9.53 Å². The van der Waals surface area contributed by atoms with Gasteiger partial charge in [0.1, 0.15) is 6.04 Å². The van der Waals surface area contributed by atoms with E-state index < -0.39 is 0 Å². The monoisotopic (exact) mass is 386 g/mol. The Morgan fingerprint density at radius 1 is 1.31 bits per heavy atom. The summed E-state index contributed by atoms with van der Waals surface area (Å²) >= 11 is 3.20. The van der Waals surface area contributed by atoms with Gasteiger partial charge >= 0.3 is 5.97 Å². The van der Waals surface area contributed by atoms with Crippen molar-refractivity contribution in [2.45, 2.75) is 26.8 Å². The molecule has 0 amide bonds. The number of fused-ring (bicyclic) bond motifs is 1. The molecule has 0 aromatic carbocycles. The minimum absolute atomic E-state index is 0.325. The first-order valence-corrected chi connectivity index (χ1v) is 10.1. The van der Waals surface area contributed by atoms with Crippen LogP contribution in [-0.4, -0.2) is 27.3 Å². The highest BCUT2D eigenvalue weighted by atomic mass is 32.1. The maximum Gasteiger partial charge on any atom is 0.338 e. The molecule has 0 saturated heterocycles. The van der Waals surface area contributed by atoms with E-state index >= 15 is 0 Å². The molecule has 0 bridgehead atoms. The summed E-state index contributed by atoms with van der Waals surface area (Å²) in [5.41, 5.74) is 2.45. The second-order valence-corrected chi connectivity index (χ2v) is 7.83. The highest BCUT2D eigenvalue weighted by molar-refractivity contribution is 7.13. The predicted octanol–water partition coefficient (Wildman–Crippen LogP) is 4.23. The molecule has 1 aliphatic heterocycles. The van der Waals surface area contributed by atoms with E-state index in [4.69, 9.17) is 9.84 Å². The number of allylic oxidation sites excluding steroid dienone is 1. The average molecular weight is 387 g/mol. The third kappa shape index (κ3) is 2.75. The van der Waals surface area contributed by atoms with E-state index in [2.05, 4.69) is 16.4 Å². The zero-order valence-corrected chi connectivity index (χ0v) is 16.3. The average Bonchev–Trinajstić information content (AvgIpc) is 3.33. The number of hydrogen-bond donors (Lipinski definition) is 1. The second-order valence-electron chi connectivity index (χ2n) is 5.94. The molecule has 1 unspecified atom stereocenters. The lowest BCUT2D eigenvalue weighted by Gasteiger charge is -2.27. The standard InChI is InChI=1S/C18H18N4O2S2/c1-4-24-17(23)13-11(3)19-18-20-16(12-6-5-8-25-12)21-22(18)14(13)15-10(2)7-9-26-15/h5-9,14H,4H2,1-3H3,(H,19,20,21). The summed E-state index contributed by atoms with van der Waals surface area (Å²) in [5.74, 6) is 0.963. The SMILES string of the molecule is CCOC(=O)C1=C(C)Nc2nc(-c3cccs3)nn2C1c1sccc1C. The van der Waals surface area contributed by atoms with E-state index in [0.29, 0.717) is 24.0 Å². The van der Waals surface area contributed by atoms with Gasteiger partial charge in [-0.2, -0.15) is 4.98 Å². The molecule has 6 nitrogen and oxygen atoms in total. The highest BCUT2D eigenvalue weighted by Gasteiger charge is 2.36. The first-order valence-electron chi connectivity index (χ1n) is 8.29. The molecule has 0 radical (unpaired) electrons. The molecule has 3 aromatic heterocycles. The van der Waals surface area contributed by atoms with Crippen LogP contribution in [0.5, 0.6) is 0 Å². The normalized spacial score (nSPS) is 16.3. The molecular formula is C18H18N4O2S2. The quantitative estimate of drug-likeness (QED) is 0.680. The van der Waals surface area contributed by atoms with E-state index in [1.807, 2.05) is 43.7 Å². The van der Waals surface area contributed by atoms with Crippen LogP contribution in [0.15, 0.2) is 40.2 Å². The van der Waals surface area contributed by atoms with Crippen LogP contribution in [0.2, 0.25) is 0 Å². The van der Waals surface area contributed by atoms with Crippen LogP contribution in [0.1, 0.15) is 30.3 Å². The molecule has 0 saturated carbocycles. The van der Waals surface area contributed by atoms with Gasteiger partial charge in [0.15, 0.2) is 5.82 Å². The molecule has 26 heavy (non-hydrogen) atoms. The molecule has 4 heterocycles. The fraction of sp³-hybridized carbons (Fsp3) is 0.278. The summed E-state index contributed by atoms with van der Waals surface area (Å²) in [6.07, 6.45) is 0. The number of carbonyl (C=O) groups excluding carboxylic acids is 1. The Bertz CT molecular complexity index is 985. The van der Waals surface area contributed by atoms with Gasteiger partial charge in [-0.3, -0.25) is 0 Å². The molecule has 3 aromatic rings. The molecule has 1 N–H and O–H groups in total. The number of nitrogens with one attached hydrogen (secondary N) is 1. The number of anilines is 1. The number of aromatic nitrogens is 3. The molecule has 134 valence electrons. The molecule has 4 rings (SSSR count). The largest absolute Gasteiger partial charge is 0.463 e. The number of hydrogen-bond acceptors (Lipinski definition) is 7. The molecule has 0 spiro atoms. The van der Waals surface area contributed by atoms with E-state index in [1.54, 1.807) is 27.4 Å². The summed E-state index contributed by atoms with van der Waals surface area (Å²) in [4.78, 5) is 19.4. The maximum atomic E-state index is 12.7. The summed E-state index contributed by atoms with van der Waals surface area (Å²) < 4.78 is 7.12. The number of nitrogens with zero attached hydrogens (tertiary/aromatic N) is 3. The Morgan fingerprint density at radius 2 is 2.15 bits per heavy atom. The van der Waals surface area contributed by atoms with E-state index in [0.717, 1.165) is 21.0 Å². The lowest BCUT2D eigenvalue weighted by atomic mass is 10.00. The Balaban J connectivity index is 1.88. The van der Waals surface area contributed by atoms with Gasteiger partial charge in [-0.15, -0.1) is 27.8 Å². The zero-order chi connectivity index (χ0) is 18.3. The number of rotatable bonds is 4. The molecular weight excluding hydrogens is 368 g/mol. The number of esters is 1.